The van der Waals surface area contributed by atoms with Crippen LogP contribution >= 0.6 is 0 Å². The van der Waals surface area contributed by atoms with E-state index in [-0.39, 0.29) is 26.4 Å². The van der Waals surface area contributed by atoms with E-state index in [2.05, 4.69) is 0 Å². The van der Waals surface area contributed by atoms with Gasteiger partial charge in [-0.05, 0) is 13.8 Å². The molecule has 0 aliphatic carbocycles. The second kappa shape index (κ2) is 10.5. The van der Waals surface area contributed by atoms with E-state index >= 15 is 0 Å². The van der Waals surface area contributed by atoms with Crippen molar-refractivity contribution in [1.29, 1.82) is 0 Å². The minimum Gasteiger partial charge on any atom is -0.463 e. The maximum atomic E-state index is 11.6. The highest BCUT2D eigenvalue weighted by Crippen LogP contribution is 2.17. The fraction of sp³-hybridized carbons (Fsp3) is 0.857. The van der Waals surface area contributed by atoms with Crippen LogP contribution in [0.3, 0.4) is 0 Å². The molecule has 0 fully saturated rings. The van der Waals surface area contributed by atoms with Crippen LogP contribution in [0.1, 0.15) is 13.8 Å². The third-order valence-electron chi connectivity index (χ3n) is 3.30. The Hall–Kier alpha value is -1.26. The molecular formula is C14H26O9. The fourth-order valence-corrected chi connectivity index (χ4v) is 1.20. The van der Waals surface area contributed by atoms with Crippen molar-refractivity contribution < 1.29 is 44.2 Å². The molecule has 0 atom stereocenters. The molecule has 0 radical (unpaired) electrons. The highest BCUT2D eigenvalue weighted by atomic mass is 16.6. The van der Waals surface area contributed by atoms with Crippen LogP contribution in [0.25, 0.3) is 0 Å². The molecule has 0 saturated heterocycles. The van der Waals surface area contributed by atoms with Crippen LogP contribution in [0.2, 0.25) is 0 Å². The Kier molecular flexibility index (Phi) is 9.93. The summed E-state index contributed by atoms with van der Waals surface area (Å²) in [5.41, 5.74) is -2.71. The van der Waals surface area contributed by atoms with Crippen molar-refractivity contribution in [2.24, 2.45) is 10.8 Å². The molecule has 0 aromatic heterocycles. The first kappa shape index (κ1) is 21.7. The molecule has 9 nitrogen and oxygen atoms in total. The smallest absolute Gasteiger partial charge is 0.316 e. The van der Waals surface area contributed by atoms with E-state index in [4.69, 9.17) is 34.6 Å². The van der Waals surface area contributed by atoms with Crippen LogP contribution in [0, 0.1) is 10.8 Å². The summed E-state index contributed by atoms with van der Waals surface area (Å²) >= 11 is 0. The van der Waals surface area contributed by atoms with Gasteiger partial charge in [0.2, 0.25) is 0 Å². The number of aliphatic hydroxyl groups excluding tert-OH is 4. The second-order valence-electron chi connectivity index (χ2n) is 5.64. The molecule has 0 bridgehead atoms. The minimum absolute atomic E-state index is 0.0491. The maximum absolute atomic E-state index is 11.6. The van der Waals surface area contributed by atoms with Gasteiger partial charge in [0.15, 0.2) is 0 Å². The van der Waals surface area contributed by atoms with Crippen molar-refractivity contribution in [1.82, 2.24) is 0 Å². The number of carbonyl (C=O) groups is 2. The van der Waals surface area contributed by atoms with Crippen molar-refractivity contribution >= 4 is 11.9 Å². The Morgan fingerprint density at radius 2 is 1.00 bits per heavy atom. The number of esters is 2. The Bertz CT molecular complexity index is 327. The normalized spacial score (nSPS) is 12.1. The molecule has 0 aromatic carbocycles. The standard InChI is InChI=1S/C14H26O9/c1-13(7-15,8-16)11(19)22-5-3-21-4-6-23-12(20)14(2,9-17)10-18/h15-18H,3-10H2,1-2H3. The molecule has 0 aromatic rings. The third kappa shape index (κ3) is 6.80. The van der Waals surface area contributed by atoms with E-state index < -0.39 is 49.2 Å². The van der Waals surface area contributed by atoms with Crippen molar-refractivity contribution in [2.75, 3.05) is 52.9 Å². The molecule has 0 heterocycles. The third-order valence-corrected chi connectivity index (χ3v) is 3.30. The van der Waals surface area contributed by atoms with Crippen molar-refractivity contribution in [2.45, 2.75) is 13.8 Å². The summed E-state index contributed by atoms with van der Waals surface area (Å²) in [5.74, 6) is -1.47. The lowest BCUT2D eigenvalue weighted by atomic mass is 9.93. The van der Waals surface area contributed by atoms with Crippen molar-refractivity contribution in [3.8, 4) is 0 Å². The Morgan fingerprint density at radius 3 is 1.26 bits per heavy atom. The molecule has 23 heavy (non-hydrogen) atoms. The zero-order valence-corrected chi connectivity index (χ0v) is 13.5. The zero-order valence-electron chi connectivity index (χ0n) is 13.5. The summed E-state index contributed by atoms with van der Waals surface area (Å²) in [5, 5.41) is 36.0. The number of rotatable bonds is 12. The van der Waals surface area contributed by atoms with Crippen LogP contribution in [0.4, 0.5) is 0 Å². The molecule has 0 rings (SSSR count). The van der Waals surface area contributed by atoms with Gasteiger partial charge in [-0.2, -0.15) is 0 Å². The molecule has 0 aliphatic heterocycles. The number of hydrogen-bond acceptors (Lipinski definition) is 9. The van der Waals surface area contributed by atoms with Gasteiger partial charge in [0.05, 0.1) is 39.6 Å². The average Bonchev–Trinajstić information content (AvgIpc) is 2.58. The molecule has 0 spiro atoms. The van der Waals surface area contributed by atoms with Crippen LogP contribution in [0.5, 0.6) is 0 Å². The summed E-state index contributed by atoms with van der Waals surface area (Å²) < 4.78 is 14.8. The molecule has 136 valence electrons. The summed E-state index contributed by atoms with van der Waals surface area (Å²) in [6.07, 6.45) is 0. The number of hydrogen-bond donors (Lipinski definition) is 4. The maximum Gasteiger partial charge on any atom is 0.316 e. The molecule has 4 N–H and O–H groups in total. The Labute approximate surface area is 134 Å². The van der Waals surface area contributed by atoms with Crippen LogP contribution < -0.4 is 0 Å². The zero-order chi connectivity index (χ0) is 17.9. The van der Waals surface area contributed by atoms with Gasteiger partial charge in [0.1, 0.15) is 24.0 Å². The minimum atomic E-state index is -1.35. The van der Waals surface area contributed by atoms with Gasteiger partial charge in [0.25, 0.3) is 0 Å². The predicted octanol–water partition coefficient (Wildman–Crippen LogP) is -1.93. The SMILES string of the molecule is CC(CO)(CO)C(=O)OCCOCCOC(=O)C(C)(CO)CO. The first-order valence-corrected chi connectivity index (χ1v) is 7.15. The lowest BCUT2D eigenvalue weighted by Gasteiger charge is -2.22. The van der Waals surface area contributed by atoms with Gasteiger partial charge >= 0.3 is 11.9 Å². The number of carbonyl (C=O) groups excluding carboxylic acids is 2. The number of aliphatic hydroxyl groups is 4. The van der Waals surface area contributed by atoms with Gasteiger partial charge in [-0.1, -0.05) is 0 Å². The average molecular weight is 338 g/mol. The van der Waals surface area contributed by atoms with Gasteiger partial charge in [0, 0.05) is 0 Å². The van der Waals surface area contributed by atoms with Crippen LogP contribution in [-0.2, 0) is 23.8 Å². The quantitative estimate of drug-likeness (QED) is 0.236. The first-order valence-electron chi connectivity index (χ1n) is 7.15. The Morgan fingerprint density at radius 1 is 0.696 bits per heavy atom. The highest BCUT2D eigenvalue weighted by molar-refractivity contribution is 5.77. The monoisotopic (exact) mass is 338 g/mol. The largest absolute Gasteiger partial charge is 0.463 e. The van der Waals surface area contributed by atoms with Gasteiger partial charge in [-0.25, -0.2) is 0 Å². The van der Waals surface area contributed by atoms with E-state index in [9.17, 15) is 9.59 Å². The highest BCUT2D eigenvalue weighted by Gasteiger charge is 2.34. The van der Waals surface area contributed by atoms with E-state index in [0.29, 0.717) is 0 Å². The van der Waals surface area contributed by atoms with E-state index in [0.717, 1.165) is 0 Å². The van der Waals surface area contributed by atoms with Crippen molar-refractivity contribution in [3.05, 3.63) is 0 Å². The van der Waals surface area contributed by atoms with Gasteiger partial charge in [-0.15, -0.1) is 0 Å². The lowest BCUT2D eigenvalue weighted by Crippen LogP contribution is -2.38. The van der Waals surface area contributed by atoms with Crippen LogP contribution in [-0.4, -0.2) is 85.2 Å². The predicted molar refractivity (Wildman–Crippen MR) is 77.3 cm³/mol. The van der Waals surface area contributed by atoms with Gasteiger partial charge < -0.3 is 34.6 Å². The van der Waals surface area contributed by atoms with E-state index in [1.807, 2.05) is 0 Å². The summed E-state index contributed by atoms with van der Waals surface area (Å²) in [4.78, 5) is 23.1. The van der Waals surface area contributed by atoms with Crippen LogP contribution in [0.15, 0.2) is 0 Å². The van der Waals surface area contributed by atoms with E-state index in [1.54, 1.807) is 0 Å². The first-order chi connectivity index (χ1) is 10.8. The molecular weight excluding hydrogens is 312 g/mol. The summed E-state index contributed by atoms with van der Waals surface area (Å²) in [6.45, 7) is 0.550. The molecule has 9 heteroatoms. The topological polar surface area (TPSA) is 143 Å². The molecule has 0 saturated carbocycles. The lowest BCUT2D eigenvalue weighted by molar-refractivity contribution is -0.163. The summed E-state index contributed by atoms with van der Waals surface area (Å²) in [7, 11) is 0. The molecule has 0 amide bonds. The fourth-order valence-electron chi connectivity index (χ4n) is 1.20. The number of ether oxygens (including phenoxy) is 3. The van der Waals surface area contributed by atoms with Gasteiger partial charge in [-0.3, -0.25) is 9.59 Å². The summed E-state index contributed by atoms with van der Waals surface area (Å²) in [6, 6.07) is 0. The molecule has 0 aliphatic rings. The molecule has 0 unspecified atom stereocenters. The Balaban J connectivity index is 3.83. The second-order valence-corrected chi connectivity index (χ2v) is 5.64. The van der Waals surface area contributed by atoms with E-state index in [1.165, 1.54) is 13.8 Å². The van der Waals surface area contributed by atoms with Crippen molar-refractivity contribution in [3.63, 3.8) is 0 Å².